The lowest BCUT2D eigenvalue weighted by Crippen LogP contribution is -2.47. The normalized spacial score (nSPS) is 17.9. The minimum atomic E-state index is -0.750. The van der Waals surface area contributed by atoms with Crippen LogP contribution < -0.4 is 10.6 Å². The van der Waals surface area contributed by atoms with E-state index in [0.717, 1.165) is 5.56 Å². The first-order chi connectivity index (χ1) is 15.8. The van der Waals surface area contributed by atoms with Gasteiger partial charge in [-0.05, 0) is 42.3 Å². The third-order valence-corrected chi connectivity index (χ3v) is 6.19. The van der Waals surface area contributed by atoms with Gasteiger partial charge in [0, 0.05) is 23.1 Å². The van der Waals surface area contributed by atoms with Crippen LogP contribution in [0.4, 0.5) is 9.18 Å². The number of likely N-dealkylation sites (N-methyl/N-ethyl adjacent to an activating group) is 1. The van der Waals surface area contributed by atoms with Crippen molar-refractivity contribution in [2.24, 2.45) is 0 Å². The second-order valence-corrected chi connectivity index (χ2v) is 8.56. The molecule has 10 heteroatoms. The van der Waals surface area contributed by atoms with E-state index in [-0.39, 0.29) is 43.3 Å². The number of hydrogen-bond acceptors (Lipinski definition) is 3. The van der Waals surface area contributed by atoms with Crippen molar-refractivity contribution in [3.05, 3.63) is 80.7 Å². The molecule has 0 aromatic heterocycles. The van der Waals surface area contributed by atoms with Gasteiger partial charge in [-0.15, -0.1) is 0 Å². The number of carbonyl (C=O) groups excluding carboxylic acids is 3. The van der Waals surface area contributed by atoms with E-state index in [4.69, 9.17) is 23.2 Å². The molecule has 2 aliphatic rings. The maximum Gasteiger partial charge on any atom is 0.322 e. The predicted molar refractivity (Wildman–Crippen MR) is 122 cm³/mol. The summed E-state index contributed by atoms with van der Waals surface area (Å²) in [5, 5.41) is 6.34. The number of amides is 4. The Bertz CT molecular complexity index is 1150. The lowest BCUT2D eigenvalue weighted by atomic mass is 9.95. The summed E-state index contributed by atoms with van der Waals surface area (Å²) < 4.78 is 13.0. The monoisotopic (exact) mass is 490 g/mol. The molecule has 172 valence electrons. The number of nitrogens with one attached hydrogen (secondary N) is 2. The number of urea groups is 1. The highest BCUT2D eigenvalue weighted by molar-refractivity contribution is 6.35. The first-order valence-corrected chi connectivity index (χ1v) is 11.1. The van der Waals surface area contributed by atoms with Crippen molar-refractivity contribution in [1.29, 1.82) is 0 Å². The van der Waals surface area contributed by atoms with E-state index in [1.54, 1.807) is 30.3 Å². The van der Waals surface area contributed by atoms with E-state index in [2.05, 4.69) is 10.6 Å². The summed E-state index contributed by atoms with van der Waals surface area (Å²) in [6.45, 7) is 2.32. The van der Waals surface area contributed by atoms with Gasteiger partial charge in [-0.3, -0.25) is 14.5 Å². The minimum absolute atomic E-state index is 0.126. The summed E-state index contributed by atoms with van der Waals surface area (Å²) in [6, 6.07) is 9.55. The number of halogens is 3. The van der Waals surface area contributed by atoms with Crippen LogP contribution >= 0.6 is 23.2 Å². The van der Waals surface area contributed by atoms with Crippen molar-refractivity contribution in [2.75, 3.05) is 19.6 Å². The van der Waals surface area contributed by atoms with Crippen LogP contribution in [0.2, 0.25) is 10.0 Å². The van der Waals surface area contributed by atoms with E-state index in [1.165, 1.54) is 21.9 Å². The summed E-state index contributed by atoms with van der Waals surface area (Å²) in [5.41, 5.74) is 2.22. The number of hydrogen-bond donors (Lipinski definition) is 2. The van der Waals surface area contributed by atoms with Gasteiger partial charge in [0.2, 0.25) is 5.91 Å². The predicted octanol–water partition coefficient (Wildman–Crippen LogP) is 3.63. The van der Waals surface area contributed by atoms with Gasteiger partial charge >= 0.3 is 6.03 Å². The smallest absolute Gasteiger partial charge is 0.322 e. The van der Waals surface area contributed by atoms with Crippen LogP contribution in [0.3, 0.4) is 0 Å². The van der Waals surface area contributed by atoms with Gasteiger partial charge in [-0.2, -0.15) is 0 Å². The van der Waals surface area contributed by atoms with Crippen molar-refractivity contribution < 1.29 is 18.8 Å². The highest BCUT2D eigenvalue weighted by Gasteiger charge is 2.44. The number of nitrogens with zero attached hydrogens (tertiary/aromatic N) is 2. The Hall–Kier alpha value is -3.10. The molecule has 1 atom stereocenters. The molecule has 4 amide bonds. The Labute approximate surface area is 200 Å². The summed E-state index contributed by atoms with van der Waals surface area (Å²) >= 11 is 12.4. The fourth-order valence-electron chi connectivity index (χ4n) is 4.01. The molecular weight excluding hydrogens is 470 g/mol. The molecule has 1 unspecified atom stereocenters. The van der Waals surface area contributed by atoms with Gasteiger partial charge in [-0.1, -0.05) is 41.4 Å². The van der Waals surface area contributed by atoms with E-state index >= 15 is 0 Å². The zero-order chi connectivity index (χ0) is 23.7. The summed E-state index contributed by atoms with van der Waals surface area (Å²) in [5.74, 6) is -1.07. The molecule has 2 N–H and O–H groups in total. The van der Waals surface area contributed by atoms with Crippen LogP contribution in [0.25, 0.3) is 0 Å². The molecule has 0 aliphatic carbocycles. The number of rotatable bonds is 6. The molecule has 33 heavy (non-hydrogen) atoms. The third-order valence-electron chi connectivity index (χ3n) is 5.62. The third kappa shape index (κ3) is 4.67. The zero-order valence-corrected chi connectivity index (χ0v) is 19.2. The Morgan fingerprint density at radius 2 is 1.91 bits per heavy atom. The van der Waals surface area contributed by atoms with Gasteiger partial charge in [0.15, 0.2) is 0 Å². The second kappa shape index (κ2) is 9.41. The van der Waals surface area contributed by atoms with Gasteiger partial charge in [0.1, 0.15) is 12.4 Å². The molecular formula is C23H21Cl2FN4O3. The Balaban J connectivity index is 1.52. The first kappa shape index (κ1) is 23.1. The highest BCUT2D eigenvalue weighted by Crippen LogP contribution is 2.39. The molecule has 7 nitrogen and oxygen atoms in total. The van der Waals surface area contributed by atoms with Crippen molar-refractivity contribution in [3.8, 4) is 0 Å². The van der Waals surface area contributed by atoms with Crippen LogP contribution in [-0.4, -0.2) is 47.3 Å². The SMILES string of the molecule is CCN1C(=O)NC(c2ccc(Cl)cc2Cl)C2=C1CN(CC(=O)NCc1ccc(F)cc1)C2=O. The fraction of sp³-hybridized carbons (Fsp3) is 0.261. The maximum absolute atomic E-state index is 13.3. The first-order valence-electron chi connectivity index (χ1n) is 10.3. The van der Waals surface area contributed by atoms with Gasteiger partial charge in [-0.25, -0.2) is 9.18 Å². The molecule has 0 saturated carbocycles. The molecule has 0 fully saturated rings. The Kier molecular flexibility index (Phi) is 6.58. The van der Waals surface area contributed by atoms with Crippen molar-refractivity contribution in [3.63, 3.8) is 0 Å². The molecule has 2 aromatic rings. The van der Waals surface area contributed by atoms with Crippen LogP contribution in [0.1, 0.15) is 24.1 Å². The second-order valence-electron chi connectivity index (χ2n) is 7.72. The standard InChI is InChI=1S/C23H21Cl2FN4O3/c1-2-30-18-11-29(12-19(31)27-10-13-3-6-15(26)7-4-13)22(32)20(18)21(28-23(30)33)16-8-5-14(24)9-17(16)25/h3-9,21H,2,10-12H2,1H3,(H,27,31)(H,28,33). The highest BCUT2D eigenvalue weighted by atomic mass is 35.5. The van der Waals surface area contributed by atoms with Crippen LogP contribution in [-0.2, 0) is 16.1 Å². The molecule has 2 aliphatic heterocycles. The maximum atomic E-state index is 13.3. The van der Waals surface area contributed by atoms with Crippen LogP contribution in [0.15, 0.2) is 53.7 Å². The van der Waals surface area contributed by atoms with E-state index in [9.17, 15) is 18.8 Å². The molecule has 4 rings (SSSR count). The zero-order valence-electron chi connectivity index (χ0n) is 17.7. The molecule has 2 aromatic carbocycles. The van der Waals surface area contributed by atoms with Gasteiger partial charge < -0.3 is 15.5 Å². The summed E-state index contributed by atoms with van der Waals surface area (Å²) in [6.07, 6.45) is 0. The van der Waals surface area contributed by atoms with Crippen molar-refractivity contribution in [1.82, 2.24) is 20.4 Å². The average Bonchev–Trinajstić information content (AvgIpc) is 3.09. The van der Waals surface area contributed by atoms with E-state index in [0.29, 0.717) is 33.4 Å². The lowest BCUT2D eigenvalue weighted by molar-refractivity contribution is -0.132. The average molecular weight is 491 g/mol. The largest absolute Gasteiger partial charge is 0.350 e. The summed E-state index contributed by atoms with van der Waals surface area (Å²) in [7, 11) is 0. The Morgan fingerprint density at radius 3 is 2.58 bits per heavy atom. The van der Waals surface area contributed by atoms with Crippen LogP contribution in [0, 0.1) is 5.82 Å². The summed E-state index contributed by atoms with van der Waals surface area (Å²) in [4.78, 5) is 41.4. The van der Waals surface area contributed by atoms with E-state index < -0.39 is 6.04 Å². The van der Waals surface area contributed by atoms with Crippen molar-refractivity contribution in [2.45, 2.75) is 19.5 Å². The minimum Gasteiger partial charge on any atom is -0.350 e. The molecule has 0 radical (unpaired) electrons. The number of carbonyl (C=O) groups is 3. The topological polar surface area (TPSA) is 81.8 Å². The Morgan fingerprint density at radius 1 is 1.18 bits per heavy atom. The molecule has 0 saturated heterocycles. The van der Waals surface area contributed by atoms with E-state index in [1.807, 2.05) is 6.92 Å². The van der Waals surface area contributed by atoms with Crippen molar-refractivity contribution >= 4 is 41.0 Å². The fourth-order valence-corrected chi connectivity index (χ4v) is 4.53. The molecule has 0 bridgehead atoms. The lowest BCUT2D eigenvalue weighted by Gasteiger charge is -2.33. The van der Waals surface area contributed by atoms with Crippen LogP contribution in [0.5, 0.6) is 0 Å². The van der Waals surface area contributed by atoms with Gasteiger partial charge in [0.25, 0.3) is 5.91 Å². The quantitative estimate of drug-likeness (QED) is 0.648. The van der Waals surface area contributed by atoms with Gasteiger partial charge in [0.05, 0.1) is 23.9 Å². The molecule has 0 spiro atoms. The number of benzene rings is 2. The molecule has 2 heterocycles.